The Morgan fingerprint density at radius 2 is 1.84 bits per heavy atom. The van der Waals surface area contributed by atoms with Crippen LogP contribution in [0.25, 0.3) is 17.1 Å². The van der Waals surface area contributed by atoms with Gasteiger partial charge in [-0.05, 0) is 87.9 Å². The summed E-state index contributed by atoms with van der Waals surface area (Å²) in [7, 11) is 0. The molecule has 11 nitrogen and oxygen atoms in total. The number of carbonyl (C=O) groups excluding carboxylic acids is 2. The first-order chi connectivity index (χ1) is 20.9. The van der Waals surface area contributed by atoms with Crippen molar-refractivity contribution in [1.29, 1.82) is 5.26 Å². The third kappa shape index (κ3) is 6.63. The quantitative estimate of drug-likeness (QED) is 0.253. The number of anilines is 1. The van der Waals surface area contributed by atoms with Crippen LogP contribution in [0.2, 0.25) is 5.02 Å². The summed E-state index contributed by atoms with van der Waals surface area (Å²) in [5.41, 5.74) is 2.38. The Morgan fingerprint density at radius 1 is 1.09 bits per heavy atom. The smallest absolute Gasteiger partial charge is 0.274 e. The molecule has 3 heterocycles. The van der Waals surface area contributed by atoms with Crippen LogP contribution in [0.5, 0.6) is 0 Å². The molecule has 0 aliphatic rings. The number of aromatic nitrogens is 6. The van der Waals surface area contributed by atoms with Gasteiger partial charge in [-0.3, -0.25) is 9.59 Å². The second-order valence-electron chi connectivity index (χ2n) is 11.0. The lowest BCUT2D eigenvalue weighted by molar-refractivity contribution is 0.0920. The van der Waals surface area contributed by atoms with E-state index in [-0.39, 0.29) is 45.7 Å². The molecule has 222 valence electrons. The lowest BCUT2D eigenvalue weighted by Gasteiger charge is -2.22. The normalized spacial score (nSPS) is 11.2. The van der Waals surface area contributed by atoms with Gasteiger partial charge in [-0.15, -0.1) is 5.10 Å². The van der Waals surface area contributed by atoms with Crippen molar-refractivity contribution >= 4 is 29.1 Å². The topological polar surface area (TPSA) is 143 Å². The molecule has 5 aromatic rings. The van der Waals surface area contributed by atoms with Gasteiger partial charge >= 0.3 is 0 Å². The van der Waals surface area contributed by atoms with Crippen molar-refractivity contribution < 1.29 is 14.0 Å². The number of hydrogen-bond donors (Lipinski definition) is 2. The van der Waals surface area contributed by atoms with E-state index in [9.17, 15) is 19.2 Å². The second kappa shape index (κ2) is 12.1. The number of amides is 2. The van der Waals surface area contributed by atoms with Gasteiger partial charge in [0, 0.05) is 17.3 Å². The molecule has 0 saturated carbocycles. The van der Waals surface area contributed by atoms with Crippen LogP contribution < -0.4 is 10.6 Å². The maximum Gasteiger partial charge on any atom is 0.274 e. The molecular weight excluding hydrogens is 585 g/mol. The van der Waals surface area contributed by atoms with Crippen LogP contribution in [0.1, 0.15) is 58.4 Å². The number of halogens is 2. The van der Waals surface area contributed by atoms with Gasteiger partial charge in [-0.1, -0.05) is 16.8 Å². The number of nitriles is 1. The molecule has 0 aliphatic heterocycles. The molecule has 0 radical (unpaired) electrons. The van der Waals surface area contributed by atoms with Crippen LogP contribution in [-0.4, -0.2) is 47.1 Å². The molecule has 44 heavy (non-hydrogen) atoms. The van der Waals surface area contributed by atoms with E-state index in [0.717, 1.165) is 0 Å². The lowest BCUT2D eigenvalue weighted by Crippen LogP contribution is -2.41. The van der Waals surface area contributed by atoms with Gasteiger partial charge in [-0.25, -0.2) is 18.7 Å². The average Bonchev–Trinajstić information content (AvgIpc) is 3.61. The van der Waals surface area contributed by atoms with Crippen molar-refractivity contribution in [2.45, 2.75) is 39.8 Å². The molecule has 2 aromatic carbocycles. The number of aryl methyl sites for hydroxylation is 1. The summed E-state index contributed by atoms with van der Waals surface area (Å²) in [5.74, 6) is -1.17. The molecule has 0 atom stereocenters. The van der Waals surface area contributed by atoms with Crippen molar-refractivity contribution in [2.24, 2.45) is 0 Å². The number of nitrogens with one attached hydrogen (secondary N) is 2. The van der Waals surface area contributed by atoms with E-state index < -0.39 is 17.4 Å². The highest BCUT2D eigenvalue weighted by Crippen LogP contribution is 2.26. The van der Waals surface area contributed by atoms with Crippen LogP contribution in [0.4, 0.5) is 10.1 Å². The van der Waals surface area contributed by atoms with Gasteiger partial charge in [0.15, 0.2) is 5.82 Å². The number of nitrogens with zero attached hydrogens (tertiary/aromatic N) is 7. The van der Waals surface area contributed by atoms with Crippen molar-refractivity contribution in [3.05, 3.63) is 106 Å². The number of hydrogen-bond acceptors (Lipinski definition) is 7. The van der Waals surface area contributed by atoms with E-state index in [2.05, 4.69) is 37.1 Å². The monoisotopic (exact) mass is 611 g/mol. The van der Waals surface area contributed by atoms with Gasteiger partial charge in [-0.2, -0.15) is 10.4 Å². The summed E-state index contributed by atoms with van der Waals surface area (Å²) in [6.07, 6.45) is 3.20. The van der Waals surface area contributed by atoms with Crippen molar-refractivity contribution in [3.8, 4) is 23.1 Å². The fraction of sp³-hybridized carbons (Fsp3) is 0.194. The summed E-state index contributed by atoms with van der Waals surface area (Å²) in [5, 5.41) is 28.4. The van der Waals surface area contributed by atoms with Gasteiger partial charge in [0.1, 0.15) is 17.2 Å². The molecule has 2 amide bonds. The van der Waals surface area contributed by atoms with E-state index in [1.807, 2.05) is 20.8 Å². The van der Waals surface area contributed by atoms with E-state index in [4.69, 9.17) is 11.6 Å². The summed E-state index contributed by atoms with van der Waals surface area (Å²) < 4.78 is 16.2. The van der Waals surface area contributed by atoms with E-state index >= 15 is 0 Å². The Morgan fingerprint density at radius 3 is 2.52 bits per heavy atom. The van der Waals surface area contributed by atoms with Crippen molar-refractivity contribution in [3.63, 3.8) is 0 Å². The highest BCUT2D eigenvalue weighted by molar-refractivity contribution is 6.32. The molecular formula is C31H27ClFN9O2. The third-order valence-corrected chi connectivity index (χ3v) is 6.67. The first-order valence-electron chi connectivity index (χ1n) is 13.5. The van der Waals surface area contributed by atoms with Crippen LogP contribution in [-0.2, 0) is 6.54 Å². The maximum absolute atomic E-state index is 13.9. The van der Waals surface area contributed by atoms with Gasteiger partial charge in [0.25, 0.3) is 11.8 Å². The zero-order chi connectivity index (χ0) is 31.6. The number of rotatable bonds is 7. The van der Waals surface area contributed by atoms with E-state index in [0.29, 0.717) is 22.5 Å². The molecule has 13 heteroatoms. The average molecular weight is 612 g/mol. The highest BCUT2D eigenvalue weighted by Gasteiger charge is 2.25. The summed E-state index contributed by atoms with van der Waals surface area (Å²) in [6.45, 7) is 7.34. The van der Waals surface area contributed by atoms with Gasteiger partial charge < -0.3 is 10.6 Å². The number of benzene rings is 2. The predicted molar refractivity (Wildman–Crippen MR) is 162 cm³/mol. The van der Waals surface area contributed by atoms with E-state index in [1.165, 1.54) is 33.8 Å². The standard InChI is InChI=1S/C31H27ClFN9O2/c1-18-12-19(15-34)13-23(29(43)37-31(2,3)4)27(18)36-30(44)26-14-22(39-42(26)28-24(32)6-5-11-35-28)16-41-17-25(38-40-41)20-7-9-21(33)10-8-20/h5-14,17H,16H2,1-4H3,(H,36,44)(H,37,43). The Balaban J connectivity index is 1.51. The zero-order valence-corrected chi connectivity index (χ0v) is 25.0. The molecule has 2 N–H and O–H groups in total. The molecule has 0 spiro atoms. The van der Waals surface area contributed by atoms with E-state index in [1.54, 1.807) is 49.5 Å². The molecule has 0 aliphatic carbocycles. The molecule has 0 bridgehead atoms. The zero-order valence-electron chi connectivity index (χ0n) is 24.3. The first-order valence-corrected chi connectivity index (χ1v) is 13.8. The number of pyridine rings is 1. The Hall–Kier alpha value is -5.41. The second-order valence-corrected chi connectivity index (χ2v) is 11.4. The summed E-state index contributed by atoms with van der Waals surface area (Å²) in [6, 6.07) is 15.8. The van der Waals surface area contributed by atoms with Crippen molar-refractivity contribution in [2.75, 3.05) is 5.32 Å². The lowest BCUT2D eigenvalue weighted by atomic mass is 10.0. The summed E-state index contributed by atoms with van der Waals surface area (Å²) in [4.78, 5) is 31.4. The van der Waals surface area contributed by atoms with Gasteiger partial charge in [0.2, 0.25) is 0 Å². The Kier molecular flexibility index (Phi) is 8.24. The highest BCUT2D eigenvalue weighted by atomic mass is 35.5. The van der Waals surface area contributed by atoms with Crippen LogP contribution in [0.3, 0.4) is 0 Å². The minimum atomic E-state index is -0.589. The predicted octanol–water partition coefficient (Wildman–Crippen LogP) is 5.33. The minimum Gasteiger partial charge on any atom is -0.347 e. The fourth-order valence-electron chi connectivity index (χ4n) is 4.44. The SMILES string of the molecule is Cc1cc(C#N)cc(C(=O)NC(C)(C)C)c1NC(=O)c1cc(Cn2cc(-c3ccc(F)cc3)nn2)nn1-c1ncccc1Cl. The Bertz CT molecular complexity index is 1920. The van der Waals surface area contributed by atoms with Crippen LogP contribution in [0, 0.1) is 24.1 Å². The van der Waals surface area contributed by atoms with Gasteiger partial charge in [0.05, 0.1) is 46.3 Å². The van der Waals surface area contributed by atoms with Crippen molar-refractivity contribution in [1.82, 2.24) is 35.1 Å². The maximum atomic E-state index is 13.9. The molecule has 0 fully saturated rings. The minimum absolute atomic E-state index is 0.0883. The molecule has 0 saturated heterocycles. The Labute approximate surface area is 257 Å². The number of carbonyl (C=O) groups is 2. The molecule has 3 aromatic heterocycles. The van der Waals surface area contributed by atoms with Crippen LogP contribution >= 0.6 is 11.6 Å². The fourth-order valence-corrected chi connectivity index (χ4v) is 4.64. The largest absolute Gasteiger partial charge is 0.347 e. The molecule has 5 rings (SSSR count). The summed E-state index contributed by atoms with van der Waals surface area (Å²) >= 11 is 6.44. The van der Waals surface area contributed by atoms with Crippen LogP contribution in [0.15, 0.2) is 67.0 Å². The third-order valence-electron chi connectivity index (χ3n) is 6.37. The first kappa shape index (κ1) is 30.1. The molecule has 0 unspecified atom stereocenters.